The fraction of sp³-hybridized carbons (Fsp3) is 0.727. The highest BCUT2D eigenvalue weighted by Gasteiger charge is 2.41. The summed E-state index contributed by atoms with van der Waals surface area (Å²) in [6.07, 6.45) is 16.0. The molecule has 0 heterocycles. The lowest BCUT2D eigenvalue weighted by Crippen LogP contribution is -2.38. The van der Waals surface area contributed by atoms with Gasteiger partial charge in [-0.3, -0.25) is 0 Å². The molecular weight excluding hydrogens is 278 g/mol. The zero-order valence-electron chi connectivity index (χ0n) is 15.0. The molecule has 1 heteroatoms. The van der Waals surface area contributed by atoms with Crippen LogP contribution in [0.3, 0.4) is 0 Å². The van der Waals surface area contributed by atoms with E-state index in [4.69, 9.17) is 0 Å². The summed E-state index contributed by atoms with van der Waals surface area (Å²) in [5.41, 5.74) is 2.19. The van der Waals surface area contributed by atoms with E-state index < -0.39 is 0 Å². The normalized spacial score (nSPS) is 29.5. The van der Waals surface area contributed by atoms with Crippen LogP contribution in [0.4, 0.5) is 0 Å². The average Bonchev–Trinajstić information content (AvgIpc) is 2.63. The summed E-state index contributed by atoms with van der Waals surface area (Å²) in [5, 5.41) is 3.40. The summed E-state index contributed by atoms with van der Waals surface area (Å²) in [6, 6.07) is 11.2. The van der Waals surface area contributed by atoms with Gasteiger partial charge in [0.15, 0.2) is 0 Å². The Kier molecular flexibility index (Phi) is 6.16. The van der Waals surface area contributed by atoms with Crippen molar-refractivity contribution in [3.63, 3.8) is 0 Å². The van der Waals surface area contributed by atoms with Crippen molar-refractivity contribution in [1.29, 1.82) is 0 Å². The third kappa shape index (κ3) is 4.38. The average molecular weight is 314 g/mol. The van der Waals surface area contributed by atoms with Crippen molar-refractivity contribution < 1.29 is 0 Å². The predicted octanol–water partition coefficient (Wildman–Crippen LogP) is 5.60. The molecule has 0 aliphatic heterocycles. The van der Waals surface area contributed by atoms with E-state index in [-0.39, 0.29) is 0 Å². The number of nitrogens with one attached hydrogen (secondary N) is 1. The van der Waals surface area contributed by atoms with Crippen LogP contribution in [0.5, 0.6) is 0 Å². The van der Waals surface area contributed by atoms with Crippen LogP contribution in [-0.4, -0.2) is 13.6 Å². The molecule has 1 nitrogen and oxygen atoms in total. The van der Waals surface area contributed by atoms with E-state index in [0.717, 1.165) is 11.8 Å². The predicted molar refractivity (Wildman–Crippen MR) is 99.7 cm³/mol. The molecule has 3 rings (SSSR count). The fourth-order valence-corrected chi connectivity index (χ4v) is 5.36. The highest BCUT2D eigenvalue weighted by Crippen LogP contribution is 2.52. The molecule has 1 aromatic carbocycles. The van der Waals surface area contributed by atoms with Gasteiger partial charge in [0.05, 0.1) is 0 Å². The summed E-state index contributed by atoms with van der Waals surface area (Å²) >= 11 is 0. The van der Waals surface area contributed by atoms with Crippen LogP contribution < -0.4 is 5.32 Å². The van der Waals surface area contributed by atoms with Gasteiger partial charge in [0.1, 0.15) is 0 Å². The minimum atomic E-state index is 0.653. The molecule has 2 fully saturated rings. The Balaban J connectivity index is 1.66. The number of aryl methyl sites for hydroxylation is 1. The maximum atomic E-state index is 3.40. The largest absolute Gasteiger partial charge is 0.319 e. The van der Waals surface area contributed by atoms with Gasteiger partial charge in [-0.15, -0.1) is 0 Å². The highest BCUT2D eigenvalue weighted by molar-refractivity contribution is 5.15. The van der Waals surface area contributed by atoms with Crippen molar-refractivity contribution in [3.8, 4) is 0 Å². The Hall–Kier alpha value is -0.820. The van der Waals surface area contributed by atoms with E-state index in [2.05, 4.69) is 42.7 Å². The molecule has 1 aromatic rings. The van der Waals surface area contributed by atoms with Gasteiger partial charge in [0, 0.05) is 0 Å². The van der Waals surface area contributed by atoms with Gasteiger partial charge in [-0.1, -0.05) is 49.6 Å². The van der Waals surface area contributed by atoms with E-state index in [0.29, 0.717) is 5.41 Å². The van der Waals surface area contributed by atoms with Crippen molar-refractivity contribution in [2.24, 2.45) is 17.3 Å². The van der Waals surface area contributed by atoms with Crippen LogP contribution in [0, 0.1) is 17.3 Å². The van der Waals surface area contributed by atoms with Crippen LogP contribution in [0.1, 0.15) is 69.8 Å². The van der Waals surface area contributed by atoms with Gasteiger partial charge >= 0.3 is 0 Å². The molecule has 2 aliphatic carbocycles. The van der Waals surface area contributed by atoms with Gasteiger partial charge in [-0.05, 0) is 87.8 Å². The Morgan fingerprint density at radius 2 is 1.65 bits per heavy atom. The second-order valence-electron chi connectivity index (χ2n) is 8.18. The smallest absolute Gasteiger partial charge is 0.00235 e. The Bertz CT molecular complexity index is 438. The van der Waals surface area contributed by atoms with Crippen molar-refractivity contribution >= 4 is 0 Å². The second kappa shape index (κ2) is 8.33. The first kappa shape index (κ1) is 17.0. The van der Waals surface area contributed by atoms with Crippen LogP contribution >= 0.6 is 0 Å². The van der Waals surface area contributed by atoms with E-state index in [1.807, 2.05) is 0 Å². The molecule has 2 saturated carbocycles. The van der Waals surface area contributed by atoms with E-state index in [9.17, 15) is 0 Å². The molecule has 0 bridgehead atoms. The Morgan fingerprint density at radius 3 is 2.30 bits per heavy atom. The number of hydrogen-bond acceptors (Lipinski definition) is 1. The maximum Gasteiger partial charge on any atom is -0.00235 e. The monoisotopic (exact) mass is 313 g/mol. The van der Waals surface area contributed by atoms with Gasteiger partial charge in [0.25, 0.3) is 0 Å². The molecule has 23 heavy (non-hydrogen) atoms. The van der Waals surface area contributed by atoms with Crippen LogP contribution in [-0.2, 0) is 6.42 Å². The van der Waals surface area contributed by atoms with Crippen molar-refractivity contribution in [2.75, 3.05) is 13.6 Å². The lowest BCUT2D eigenvalue weighted by molar-refractivity contribution is 0.0402. The topological polar surface area (TPSA) is 12.0 Å². The zero-order valence-corrected chi connectivity index (χ0v) is 15.0. The first-order valence-corrected chi connectivity index (χ1v) is 10.0. The molecule has 1 N–H and O–H groups in total. The van der Waals surface area contributed by atoms with Crippen LogP contribution in [0.2, 0.25) is 0 Å². The van der Waals surface area contributed by atoms with Crippen molar-refractivity contribution in [3.05, 3.63) is 35.9 Å². The maximum absolute atomic E-state index is 3.40. The number of rotatable bonds is 6. The SMILES string of the molecule is CNCC1CCC(CCc2ccccc2)(C2CCCCC2)CC1. The third-order valence-corrected chi connectivity index (χ3v) is 6.82. The highest BCUT2D eigenvalue weighted by atomic mass is 14.8. The molecule has 0 radical (unpaired) electrons. The molecule has 0 saturated heterocycles. The first-order chi connectivity index (χ1) is 11.3. The molecule has 0 atom stereocenters. The molecule has 0 unspecified atom stereocenters. The standard InChI is InChI=1S/C22H35N/c1-23-18-20-13-16-22(17-14-20,21-10-6-3-7-11-21)15-12-19-8-4-2-5-9-19/h2,4-5,8-9,20-21,23H,3,6-7,10-18H2,1H3. The summed E-state index contributed by atoms with van der Waals surface area (Å²) in [4.78, 5) is 0. The van der Waals surface area contributed by atoms with Gasteiger partial charge in [-0.25, -0.2) is 0 Å². The number of hydrogen-bond donors (Lipinski definition) is 1. The third-order valence-electron chi connectivity index (χ3n) is 6.82. The van der Waals surface area contributed by atoms with Crippen molar-refractivity contribution in [2.45, 2.75) is 70.6 Å². The lowest BCUT2D eigenvalue weighted by atomic mass is 9.58. The minimum absolute atomic E-state index is 0.653. The summed E-state index contributed by atoms with van der Waals surface area (Å²) < 4.78 is 0. The van der Waals surface area contributed by atoms with Crippen LogP contribution in [0.15, 0.2) is 30.3 Å². The first-order valence-electron chi connectivity index (χ1n) is 10.0. The quantitative estimate of drug-likeness (QED) is 0.721. The van der Waals surface area contributed by atoms with Gasteiger partial charge < -0.3 is 5.32 Å². The fourth-order valence-electron chi connectivity index (χ4n) is 5.36. The van der Waals surface area contributed by atoms with Gasteiger partial charge in [-0.2, -0.15) is 0 Å². The molecule has 0 spiro atoms. The number of benzene rings is 1. The minimum Gasteiger partial charge on any atom is -0.319 e. The van der Waals surface area contributed by atoms with Gasteiger partial charge in [0.2, 0.25) is 0 Å². The zero-order chi connectivity index (χ0) is 16.0. The molecule has 2 aliphatic rings. The lowest BCUT2D eigenvalue weighted by Gasteiger charge is -2.47. The molecule has 0 amide bonds. The summed E-state index contributed by atoms with van der Waals surface area (Å²) in [5.74, 6) is 1.93. The Labute approximate surface area is 143 Å². The van der Waals surface area contributed by atoms with E-state index in [1.165, 1.54) is 77.2 Å². The molecule has 128 valence electrons. The molecule has 0 aromatic heterocycles. The summed E-state index contributed by atoms with van der Waals surface area (Å²) in [7, 11) is 2.11. The molecular formula is C22H35N. The Morgan fingerprint density at radius 1 is 0.957 bits per heavy atom. The van der Waals surface area contributed by atoms with Crippen LogP contribution in [0.25, 0.3) is 0 Å². The van der Waals surface area contributed by atoms with Crippen molar-refractivity contribution in [1.82, 2.24) is 5.32 Å². The summed E-state index contributed by atoms with van der Waals surface area (Å²) in [6.45, 7) is 1.22. The van der Waals surface area contributed by atoms with E-state index >= 15 is 0 Å². The van der Waals surface area contributed by atoms with E-state index in [1.54, 1.807) is 5.56 Å². The second-order valence-corrected chi connectivity index (χ2v) is 8.18.